The van der Waals surface area contributed by atoms with Crippen LogP contribution in [-0.2, 0) is 14.3 Å². The minimum Gasteiger partial charge on any atom is -0.488 e. The van der Waals surface area contributed by atoms with Gasteiger partial charge in [0, 0.05) is 17.9 Å². The van der Waals surface area contributed by atoms with E-state index in [0.717, 1.165) is 12.8 Å². The second-order valence-electron chi connectivity index (χ2n) is 7.40. The van der Waals surface area contributed by atoms with E-state index >= 15 is 0 Å². The quantitative estimate of drug-likeness (QED) is 0.695. The molecule has 1 saturated heterocycles. The predicted octanol–water partition coefficient (Wildman–Crippen LogP) is 2.27. The molecule has 2 heterocycles. The molecule has 114 valence electrons. The number of ether oxygens (including phenoxy) is 2. The fraction of sp³-hybridized carbons (Fsp3) is 0.706. The summed E-state index contributed by atoms with van der Waals surface area (Å²) in [6.07, 6.45) is 2.82. The lowest BCUT2D eigenvalue weighted by molar-refractivity contribution is -0.135. The minimum atomic E-state index is -1.32. The van der Waals surface area contributed by atoms with Crippen LogP contribution >= 0.6 is 0 Å². The molecule has 2 aliphatic heterocycles. The van der Waals surface area contributed by atoms with Crippen molar-refractivity contribution < 1.29 is 19.4 Å². The average Bonchev–Trinajstić information content (AvgIpc) is 2.94. The van der Waals surface area contributed by atoms with E-state index in [1.54, 1.807) is 0 Å². The maximum absolute atomic E-state index is 12.6. The van der Waals surface area contributed by atoms with Gasteiger partial charge in [-0.3, -0.25) is 4.79 Å². The molecule has 2 aliphatic carbocycles. The summed E-state index contributed by atoms with van der Waals surface area (Å²) in [5.74, 6) is 0.788. The number of rotatable bonds is 0. The van der Waals surface area contributed by atoms with Crippen LogP contribution in [0.25, 0.3) is 0 Å². The van der Waals surface area contributed by atoms with Gasteiger partial charge in [-0.25, -0.2) is 0 Å². The van der Waals surface area contributed by atoms with E-state index in [-0.39, 0.29) is 30.0 Å². The zero-order valence-electron chi connectivity index (χ0n) is 12.9. The molecule has 4 nitrogen and oxygen atoms in total. The van der Waals surface area contributed by atoms with Gasteiger partial charge in [-0.15, -0.1) is 0 Å². The van der Waals surface area contributed by atoms with Crippen molar-refractivity contribution >= 4 is 5.78 Å². The standard InChI is InChI=1S/C17H22O4/c1-9(2)10-4-5-16(3)12(10)6-11-14(21-16)13-7-17(19,8-20-13)15(11)18/h12-13,19H,4-8H2,1-3H3. The van der Waals surface area contributed by atoms with Crippen LogP contribution in [0.5, 0.6) is 0 Å². The number of allylic oxidation sites excluding steroid dienone is 1. The van der Waals surface area contributed by atoms with Crippen LogP contribution in [0, 0.1) is 5.92 Å². The monoisotopic (exact) mass is 290 g/mol. The Hall–Kier alpha value is -1.13. The first-order valence-electron chi connectivity index (χ1n) is 7.81. The van der Waals surface area contributed by atoms with Crippen LogP contribution in [0.2, 0.25) is 0 Å². The van der Waals surface area contributed by atoms with Crippen LogP contribution < -0.4 is 0 Å². The van der Waals surface area contributed by atoms with Crippen molar-refractivity contribution in [3.63, 3.8) is 0 Å². The highest BCUT2D eigenvalue weighted by atomic mass is 16.6. The Morgan fingerprint density at radius 2 is 2.14 bits per heavy atom. The van der Waals surface area contributed by atoms with Gasteiger partial charge in [0.05, 0.1) is 6.61 Å². The number of hydrogen-bond donors (Lipinski definition) is 1. The molecule has 0 spiro atoms. The zero-order chi connectivity index (χ0) is 15.0. The van der Waals surface area contributed by atoms with E-state index in [4.69, 9.17) is 9.47 Å². The SMILES string of the molecule is CC(C)=C1CCC2(C)OC3=C(CC12)C(=O)C1(O)COC3C1. The summed E-state index contributed by atoms with van der Waals surface area (Å²) in [6, 6.07) is 0. The lowest BCUT2D eigenvalue weighted by Gasteiger charge is -2.43. The zero-order valence-corrected chi connectivity index (χ0v) is 12.9. The van der Waals surface area contributed by atoms with Crippen molar-refractivity contribution in [2.24, 2.45) is 5.92 Å². The molecule has 4 atom stereocenters. The number of carbonyl (C=O) groups is 1. The molecule has 0 radical (unpaired) electrons. The van der Waals surface area contributed by atoms with E-state index < -0.39 is 5.60 Å². The molecule has 4 unspecified atom stereocenters. The van der Waals surface area contributed by atoms with Gasteiger partial charge in [0.2, 0.25) is 0 Å². The Bertz CT molecular complexity index is 598. The molecule has 21 heavy (non-hydrogen) atoms. The second-order valence-corrected chi connectivity index (χ2v) is 7.40. The smallest absolute Gasteiger partial charge is 0.196 e. The van der Waals surface area contributed by atoms with Crippen LogP contribution in [0.4, 0.5) is 0 Å². The van der Waals surface area contributed by atoms with Crippen molar-refractivity contribution in [2.45, 2.75) is 63.8 Å². The van der Waals surface area contributed by atoms with Crippen molar-refractivity contribution in [1.29, 1.82) is 0 Å². The van der Waals surface area contributed by atoms with Gasteiger partial charge < -0.3 is 14.6 Å². The fourth-order valence-electron chi connectivity index (χ4n) is 4.51. The van der Waals surface area contributed by atoms with Gasteiger partial charge in [0.25, 0.3) is 0 Å². The number of Topliss-reactive ketones (excluding diaryl/α,β-unsaturated/α-hetero) is 1. The second kappa shape index (κ2) is 3.99. The third kappa shape index (κ3) is 1.66. The molecule has 0 aromatic carbocycles. The highest BCUT2D eigenvalue weighted by Crippen LogP contribution is 2.54. The number of fused-ring (bicyclic) bond motifs is 4. The summed E-state index contributed by atoms with van der Waals surface area (Å²) >= 11 is 0. The minimum absolute atomic E-state index is 0.101. The molecular formula is C17H22O4. The lowest BCUT2D eigenvalue weighted by atomic mass is 9.74. The van der Waals surface area contributed by atoms with Gasteiger partial charge in [0.1, 0.15) is 17.5 Å². The normalized spacial score (nSPS) is 44.6. The fourth-order valence-corrected chi connectivity index (χ4v) is 4.51. The van der Waals surface area contributed by atoms with Gasteiger partial charge in [-0.05, 0) is 40.0 Å². The maximum atomic E-state index is 12.6. The van der Waals surface area contributed by atoms with E-state index in [9.17, 15) is 9.90 Å². The third-order valence-corrected chi connectivity index (χ3v) is 5.78. The molecule has 1 saturated carbocycles. The summed E-state index contributed by atoms with van der Waals surface area (Å²) in [6.45, 7) is 6.52. The van der Waals surface area contributed by atoms with Crippen molar-refractivity contribution in [1.82, 2.24) is 0 Å². The first kappa shape index (κ1) is 13.5. The summed E-state index contributed by atoms with van der Waals surface area (Å²) in [5, 5.41) is 10.4. The molecule has 0 aromatic rings. The highest BCUT2D eigenvalue weighted by molar-refractivity contribution is 6.04. The van der Waals surface area contributed by atoms with E-state index in [0.29, 0.717) is 24.2 Å². The number of ketones is 1. The maximum Gasteiger partial charge on any atom is 0.196 e. The van der Waals surface area contributed by atoms with Gasteiger partial charge in [0.15, 0.2) is 11.4 Å². The summed E-state index contributed by atoms with van der Waals surface area (Å²) in [7, 11) is 0. The molecule has 4 aliphatic rings. The van der Waals surface area contributed by atoms with E-state index in [1.807, 2.05) is 0 Å². The molecule has 0 amide bonds. The van der Waals surface area contributed by atoms with Crippen LogP contribution in [0.1, 0.15) is 46.5 Å². The highest BCUT2D eigenvalue weighted by Gasteiger charge is 2.58. The first-order valence-corrected chi connectivity index (χ1v) is 7.81. The number of aliphatic hydroxyl groups is 1. The Morgan fingerprint density at radius 3 is 2.86 bits per heavy atom. The topological polar surface area (TPSA) is 55.8 Å². The molecule has 4 heteroatoms. The Morgan fingerprint density at radius 1 is 1.38 bits per heavy atom. The predicted molar refractivity (Wildman–Crippen MR) is 76.5 cm³/mol. The van der Waals surface area contributed by atoms with E-state index in [2.05, 4.69) is 20.8 Å². The third-order valence-electron chi connectivity index (χ3n) is 5.78. The Balaban J connectivity index is 1.79. The van der Waals surface area contributed by atoms with E-state index in [1.165, 1.54) is 11.1 Å². The number of carbonyl (C=O) groups excluding carboxylic acids is 1. The van der Waals surface area contributed by atoms with Crippen LogP contribution in [0.3, 0.4) is 0 Å². The van der Waals surface area contributed by atoms with Crippen molar-refractivity contribution in [3.05, 3.63) is 22.5 Å². The molecule has 4 rings (SSSR count). The molecule has 2 fully saturated rings. The Kier molecular flexibility index (Phi) is 2.57. The van der Waals surface area contributed by atoms with Gasteiger partial charge >= 0.3 is 0 Å². The lowest BCUT2D eigenvalue weighted by Crippen LogP contribution is -2.49. The van der Waals surface area contributed by atoms with Gasteiger partial charge in [-0.2, -0.15) is 0 Å². The first-order chi connectivity index (χ1) is 9.84. The summed E-state index contributed by atoms with van der Waals surface area (Å²) in [4.78, 5) is 12.6. The molecule has 1 N–H and O–H groups in total. The van der Waals surface area contributed by atoms with Gasteiger partial charge in [-0.1, -0.05) is 11.1 Å². The summed E-state index contributed by atoms with van der Waals surface area (Å²) in [5.41, 5.74) is 1.88. The van der Waals surface area contributed by atoms with Crippen molar-refractivity contribution in [3.8, 4) is 0 Å². The molecular weight excluding hydrogens is 268 g/mol. The Labute approximate surface area is 124 Å². The number of hydrogen-bond acceptors (Lipinski definition) is 4. The summed E-state index contributed by atoms with van der Waals surface area (Å²) < 4.78 is 11.9. The van der Waals surface area contributed by atoms with Crippen LogP contribution in [0.15, 0.2) is 22.5 Å². The van der Waals surface area contributed by atoms with Crippen LogP contribution in [-0.4, -0.2) is 34.8 Å². The average molecular weight is 290 g/mol. The van der Waals surface area contributed by atoms with Crippen molar-refractivity contribution in [2.75, 3.05) is 6.61 Å². The molecule has 2 bridgehead atoms. The largest absolute Gasteiger partial charge is 0.488 e. The molecule has 0 aromatic heterocycles.